The van der Waals surface area contributed by atoms with Gasteiger partial charge in [-0.15, -0.1) is 0 Å². The number of morpholine rings is 1. The zero-order valence-corrected chi connectivity index (χ0v) is 10.2. The van der Waals surface area contributed by atoms with Crippen molar-refractivity contribution in [3.05, 3.63) is 37.0 Å². The quantitative estimate of drug-likeness (QED) is 0.856. The lowest BCUT2D eigenvalue weighted by atomic mass is 10.2. The standard InChI is InChI=1S/C13H17N3O2/c1-2-14-13(17)15-11-5-3-4-6-12(11)16-7-9-18-10-8-16/h2-6H,1,7-10H2,(H2,14,15,17). The molecule has 5 heteroatoms. The highest BCUT2D eigenvalue weighted by atomic mass is 16.5. The van der Waals surface area contributed by atoms with Crippen molar-refractivity contribution in [3.8, 4) is 0 Å². The minimum Gasteiger partial charge on any atom is -0.378 e. The summed E-state index contributed by atoms with van der Waals surface area (Å²) in [4.78, 5) is 13.7. The van der Waals surface area contributed by atoms with Crippen molar-refractivity contribution in [2.45, 2.75) is 0 Å². The van der Waals surface area contributed by atoms with Gasteiger partial charge in [0.05, 0.1) is 24.6 Å². The molecule has 0 unspecified atom stereocenters. The molecule has 1 aliphatic heterocycles. The van der Waals surface area contributed by atoms with Crippen LogP contribution in [0.5, 0.6) is 0 Å². The second-order valence-electron chi connectivity index (χ2n) is 3.92. The normalized spacial score (nSPS) is 15.0. The minimum absolute atomic E-state index is 0.286. The second-order valence-corrected chi connectivity index (χ2v) is 3.92. The summed E-state index contributed by atoms with van der Waals surface area (Å²) in [6.45, 7) is 6.56. The molecule has 2 N–H and O–H groups in total. The van der Waals surface area contributed by atoms with E-state index < -0.39 is 0 Å². The average molecular weight is 247 g/mol. The van der Waals surface area contributed by atoms with Crippen molar-refractivity contribution in [1.82, 2.24) is 5.32 Å². The number of rotatable bonds is 3. The second kappa shape index (κ2) is 6.07. The van der Waals surface area contributed by atoms with Gasteiger partial charge in [-0.05, 0) is 18.3 Å². The Balaban J connectivity index is 2.13. The summed E-state index contributed by atoms with van der Waals surface area (Å²) in [5, 5.41) is 5.30. The van der Waals surface area contributed by atoms with Gasteiger partial charge < -0.3 is 20.3 Å². The first kappa shape index (κ1) is 12.4. The van der Waals surface area contributed by atoms with E-state index in [1.807, 2.05) is 24.3 Å². The Bertz CT molecular complexity index is 428. The molecular weight excluding hydrogens is 230 g/mol. The molecule has 1 aromatic rings. The van der Waals surface area contributed by atoms with Gasteiger partial charge in [-0.2, -0.15) is 0 Å². The average Bonchev–Trinajstić information content (AvgIpc) is 2.40. The molecule has 0 saturated carbocycles. The first-order chi connectivity index (χ1) is 8.81. The number of carbonyl (C=O) groups excluding carboxylic acids is 1. The Kier molecular flexibility index (Phi) is 4.20. The molecule has 1 fully saturated rings. The van der Waals surface area contributed by atoms with Crippen molar-refractivity contribution in [2.24, 2.45) is 0 Å². The molecule has 1 aliphatic rings. The van der Waals surface area contributed by atoms with Gasteiger partial charge in [0.25, 0.3) is 0 Å². The van der Waals surface area contributed by atoms with Crippen LogP contribution in [0.15, 0.2) is 37.0 Å². The van der Waals surface area contributed by atoms with E-state index in [-0.39, 0.29) is 6.03 Å². The van der Waals surface area contributed by atoms with Crippen molar-refractivity contribution < 1.29 is 9.53 Å². The van der Waals surface area contributed by atoms with Crippen LogP contribution in [-0.4, -0.2) is 32.3 Å². The van der Waals surface area contributed by atoms with Crippen LogP contribution in [0.1, 0.15) is 0 Å². The first-order valence-corrected chi connectivity index (χ1v) is 5.91. The summed E-state index contributed by atoms with van der Waals surface area (Å²) in [5.74, 6) is 0. The topological polar surface area (TPSA) is 53.6 Å². The van der Waals surface area contributed by atoms with E-state index in [1.54, 1.807) is 0 Å². The first-order valence-electron chi connectivity index (χ1n) is 5.91. The predicted molar refractivity (Wildman–Crippen MR) is 71.8 cm³/mol. The molecule has 0 aromatic heterocycles. The number of ether oxygens (including phenoxy) is 1. The highest BCUT2D eigenvalue weighted by molar-refractivity contribution is 5.93. The molecule has 0 atom stereocenters. The van der Waals surface area contributed by atoms with Crippen LogP contribution >= 0.6 is 0 Å². The molecule has 0 radical (unpaired) electrons. The maximum atomic E-state index is 11.5. The van der Waals surface area contributed by atoms with Crippen LogP contribution in [0.3, 0.4) is 0 Å². The molecule has 1 saturated heterocycles. The van der Waals surface area contributed by atoms with Crippen molar-refractivity contribution in [3.63, 3.8) is 0 Å². The fourth-order valence-electron chi connectivity index (χ4n) is 1.91. The van der Waals surface area contributed by atoms with Gasteiger partial charge in [0.1, 0.15) is 0 Å². The largest absolute Gasteiger partial charge is 0.378 e. The zero-order chi connectivity index (χ0) is 12.8. The fraction of sp³-hybridized carbons (Fsp3) is 0.308. The van der Waals surface area contributed by atoms with Gasteiger partial charge in [-0.1, -0.05) is 18.7 Å². The molecule has 2 rings (SSSR count). The number of hydrogen-bond acceptors (Lipinski definition) is 3. The summed E-state index contributed by atoms with van der Waals surface area (Å²) in [5.41, 5.74) is 1.80. The van der Waals surface area contributed by atoms with Crippen LogP contribution < -0.4 is 15.5 Å². The van der Waals surface area contributed by atoms with Gasteiger partial charge >= 0.3 is 6.03 Å². The number of nitrogens with zero attached hydrogens (tertiary/aromatic N) is 1. The lowest BCUT2D eigenvalue weighted by Crippen LogP contribution is -2.37. The lowest BCUT2D eigenvalue weighted by Gasteiger charge is -2.30. The number of para-hydroxylation sites is 2. The molecule has 18 heavy (non-hydrogen) atoms. The number of carbonyl (C=O) groups is 1. The van der Waals surface area contributed by atoms with Crippen molar-refractivity contribution in [2.75, 3.05) is 36.5 Å². The molecule has 1 heterocycles. The molecule has 0 aliphatic carbocycles. The third-order valence-corrected chi connectivity index (χ3v) is 2.74. The minimum atomic E-state index is -0.286. The Morgan fingerprint density at radius 2 is 2.06 bits per heavy atom. The smallest absolute Gasteiger partial charge is 0.323 e. The van der Waals surface area contributed by atoms with Crippen LogP contribution in [0, 0.1) is 0 Å². The molecule has 0 bridgehead atoms. The van der Waals surface area contributed by atoms with E-state index in [4.69, 9.17) is 4.74 Å². The van der Waals surface area contributed by atoms with Crippen LogP contribution in [-0.2, 0) is 4.74 Å². The maximum Gasteiger partial charge on any atom is 0.323 e. The van der Waals surface area contributed by atoms with Gasteiger partial charge in [-0.3, -0.25) is 0 Å². The number of benzene rings is 1. The molecular formula is C13H17N3O2. The molecule has 96 valence electrons. The number of nitrogens with one attached hydrogen (secondary N) is 2. The third kappa shape index (κ3) is 3.01. The van der Waals surface area contributed by atoms with Crippen LogP contribution in [0.4, 0.5) is 16.2 Å². The Hall–Kier alpha value is -2.01. The van der Waals surface area contributed by atoms with Gasteiger partial charge in [-0.25, -0.2) is 4.79 Å². The van der Waals surface area contributed by atoms with Gasteiger partial charge in [0.2, 0.25) is 0 Å². The highest BCUT2D eigenvalue weighted by Gasteiger charge is 2.15. The third-order valence-electron chi connectivity index (χ3n) is 2.74. The van der Waals surface area contributed by atoms with Gasteiger partial charge in [0, 0.05) is 13.1 Å². The van der Waals surface area contributed by atoms with E-state index in [9.17, 15) is 4.79 Å². The molecule has 1 aromatic carbocycles. The Morgan fingerprint density at radius 1 is 1.33 bits per heavy atom. The van der Waals surface area contributed by atoms with Crippen molar-refractivity contribution >= 4 is 17.4 Å². The van der Waals surface area contributed by atoms with E-state index in [0.29, 0.717) is 13.2 Å². The highest BCUT2D eigenvalue weighted by Crippen LogP contribution is 2.26. The van der Waals surface area contributed by atoms with Crippen LogP contribution in [0.25, 0.3) is 0 Å². The maximum absolute atomic E-state index is 11.5. The number of urea groups is 1. The number of hydrogen-bond donors (Lipinski definition) is 2. The lowest BCUT2D eigenvalue weighted by molar-refractivity contribution is 0.123. The Morgan fingerprint density at radius 3 is 2.78 bits per heavy atom. The van der Waals surface area contributed by atoms with Crippen molar-refractivity contribution in [1.29, 1.82) is 0 Å². The van der Waals surface area contributed by atoms with Gasteiger partial charge in [0.15, 0.2) is 0 Å². The number of amides is 2. The molecule has 0 spiro atoms. The van der Waals surface area contributed by atoms with Crippen LogP contribution in [0.2, 0.25) is 0 Å². The SMILES string of the molecule is C=CNC(=O)Nc1ccccc1N1CCOCC1. The van der Waals surface area contributed by atoms with E-state index in [0.717, 1.165) is 24.5 Å². The van der Waals surface area contributed by atoms with E-state index in [2.05, 4.69) is 22.1 Å². The summed E-state index contributed by atoms with van der Waals surface area (Å²) < 4.78 is 5.33. The fourth-order valence-corrected chi connectivity index (χ4v) is 1.91. The summed E-state index contributed by atoms with van der Waals surface area (Å²) in [7, 11) is 0. The Labute approximate surface area is 106 Å². The summed E-state index contributed by atoms with van der Waals surface area (Å²) in [6, 6.07) is 7.45. The molecule has 5 nitrogen and oxygen atoms in total. The molecule has 2 amide bonds. The predicted octanol–water partition coefficient (Wildman–Crippen LogP) is 1.79. The zero-order valence-electron chi connectivity index (χ0n) is 10.2. The summed E-state index contributed by atoms with van der Waals surface area (Å²) in [6.07, 6.45) is 1.35. The number of anilines is 2. The monoisotopic (exact) mass is 247 g/mol. The van der Waals surface area contributed by atoms with E-state index >= 15 is 0 Å². The summed E-state index contributed by atoms with van der Waals surface area (Å²) >= 11 is 0. The van der Waals surface area contributed by atoms with E-state index in [1.165, 1.54) is 6.20 Å².